The van der Waals surface area contributed by atoms with Crippen molar-refractivity contribution in [2.75, 3.05) is 13.1 Å². The van der Waals surface area contributed by atoms with Gasteiger partial charge in [-0.2, -0.15) is 9.64 Å². The van der Waals surface area contributed by atoms with E-state index in [1.807, 2.05) is 4.90 Å². The number of fused-ring (bicyclic) bond motifs is 1. The minimum absolute atomic E-state index is 0.524. The molecule has 0 atom stereocenters. The molecule has 0 saturated carbocycles. The maximum Gasteiger partial charge on any atom is 0.179 e. The lowest BCUT2D eigenvalue weighted by Gasteiger charge is -2.27. The third-order valence-corrected chi connectivity index (χ3v) is 4.27. The van der Waals surface area contributed by atoms with Crippen molar-refractivity contribution in [3.63, 3.8) is 0 Å². The highest BCUT2D eigenvalue weighted by Crippen LogP contribution is 2.33. The van der Waals surface area contributed by atoms with Gasteiger partial charge in [-0.1, -0.05) is 18.2 Å². The van der Waals surface area contributed by atoms with Crippen molar-refractivity contribution in [3.8, 4) is 6.19 Å². The van der Waals surface area contributed by atoms with Gasteiger partial charge in [-0.3, -0.25) is 0 Å². The number of hydrogen-bond donors (Lipinski definition) is 0. The molecule has 0 amide bonds. The fourth-order valence-corrected chi connectivity index (χ4v) is 3.31. The second kappa shape index (κ2) is 4.34. The molecule has 0 radical (unpaired) electrons. The van der Waals surface area contributed by atoms with E-state index in [1.165, 1.54) is 15.8 Å². The normalized spacial score (nSPS) is 17.2. The maximum atomic E-state index is 8.84. The average Bonchev–Trinajstić information content (AvgIpc) is 2.83. The van der Waals surface area contributed by atoms with Gasteiger partial charge in [0.25, 0.3) is 0 Å². The zero-order valence-corrected chi connectivity index (χ0v) is 10.3. The molecule has 2 heterocycles. The molecular formula is C13H13N3S. The first-order valence-electron chi connectivity index (χ1n) is 5.87. The summed E-state index contributed by atoms with van der Waals surface area (Å²) >= 11 is 1.59. The average molecular weight is 243 g/mol. The maximum absolute atomic E-state index is 8.84. The Labute approximate surface area is 104 Å². The quantitative estimate of drug-likeness (QED) is 0.723. The van der Waals surface area contributed by atoms with Gasteiger partial charge < -0.3 is 4.90 Å². The van der Waals surface area contributed by atoms with Crippen LogP contribution in [0.1, 0.15) is 24.5 Å². The molecule has 0 unspecified atom stereocenters. The number of likely N-dealkylation sites (tertiary alicyclic amines) is 1. The van der Waals surface area contributed by atoms with Crippen LogP contribution >= 0.6 is 11.5 Å². The molecule has 3 nitrogen and oxygen atoms in total. The summed E-state index contributed by atoms with van der Waals surface area (Å²) in [4.78, 5) is 1.84. The van der Waals surface area contributed by atoms with Gasteiger partial charge in [-0.15, -0.1) is 0 Å². The van der Waals surface area contributed by atoms with Crippen molar-refractivity contribution in [2.24, 2.45) is 0 Å². The molecule has 86 valence electrons. The molecule has 2 aromatic rings. The molecule has 0 N–H and O–H groups in total. The third-order valence-electron chi connectivity index (χ3n) is 3.43. The predicted molar refractivity (Wildman–Crippen MR) is 68.8 cm³/mol. The molecule has 1 aliphatic heterocycles. The topological polar surface area (TPSA) is 39.9 Å². The fraction of sp³-hybridized carbons (Fsp3) is 0.385. The SMILES string of the molecule is N#CN1CCC(c2nsc3ccccc23)CC1. The number of rotatable bonds is 1. The summed E-state index contributed by atoms with van der Waals surface area (Å²) in [6.07, 6.45) is 4.31. The standard InChI is InChI=1S/C13H13N3S/c14-9-16-7-5-10(6-8-16)13-11-3-1-2-4-12(11)17-15-13/h1-4,10H,5-8H2. The van der Waals surface area contributed by atoms with E-state index in [4.69, 9.17) is 5.26 Å². The minimum atomic E-state index is 0.524. The summed E-state index contributed by atoms with van der Waals surface area (Å²) in [7, 11) is 0. The molecule has 0 spiro atoms. The second-order valence-corrected chi connectivity index (χ2v) is 5.23. The van der Waals surface area contributed by atoms with Gasteiger partial charge >= 0.3 is 0 Å². The first kappa shape index (κ1) is 10.5. The van der Waals surface area contributed by atoms with E-state index in [2.05, 4.69) is 34.8 Å². The van der Waals surface area contributed by atoms with Crippen molar-refractivity contribution >= 4 is 21.6 Å². The summed E-state index contributed by atoms with van der Waals surface area (Å²) in [5.74, 6) is 0.524. The second-order valence-electron chi connectivity index (χ2n) is 4.43. The van der Waals surface area contributed by atoms with Gasteiger partial charge in [-0.05, 0) is 30.4 Å². The summed E-state index contributed by atoms with van der Waals surface area (Å²) in [6, 6.07) is 8.42. The van der Waals surface area contributed by atoms with Crippen LogP contribution in [0.15, 0.2) is 24.3 Å². The molecule has 3 rings (SSSR count). The van der Waals surface area contributed by atoms with Crippen molar-refractivity contribution in [2.45, 2.75) is 18.8 Å². The van der Waals surface area contributed by atoms with E-state index >= 15 is 0 Å². The van der Waals surface area contributed by atoms with Gasteiger partial charge in [0.2, 0.25) is 0 Å². The highest BCUT2D eigenvalue weighted by Gasteiger charge is 2.23. The molecule has 1 fully saturated rings. The van der Waals surface area contributed by atoms with Crippen LogP contribution in [0.2, 0.25) is 0 Å². The largest absolute Gasteiger partial charge is 0.311 e. The smallest absolute Gasteiger partial charge is 0.179 e. The summed E-state index contributed by atoms with van der Waals surface area (Å²) in [5.41, 5.74) is 1.24. The Balaban J connectivity index is 1.88. The van der Waals surface area contributed by atoms with Crippen LogP contribution in [0.25, 0.3) is 10.1 Å². The van der Waals surface area contributed by atoms with Crippen LogP contribution in [0.5, 0.6) is 0 Å². The molecular weight excluding hydrogens is 230 g/mol. The van der Waals surface area contributed by atoms with Crippen LogP contribution in [0, 0.1) is 11.5 Å². The van der Waals surface area contributed by atoms with Crippen LogP contribution in [-0.4, -0.2) is 22.4 Å². The predicted octanol–water partition coefficient (Wildman–Crippen LogP) is 2.96. The first-order valence-corrected chi connectivity index (χ1v) is 6.65. The monoisotopic (exact) mass is 243 g/mol. The molecule has 1 saturated heterocycles. The van der Waals surface area contributed by atoms with E-state index in [1.54, 1.807) is 11.5 Å². The molecule has 1 aromatic carbocycles. The lowest BCUT2D eigenvalue weighted by Crippen LogP contribution is -2.28. The summed E-state index contributed by atoms with van der Waals surface area (Å²) in [5, 5.41) is 10.1. The van der Waals surface area contributed by atoms with Crippen molar-refractivity contribution in [1.29, 1.82) is 5.26 Å². The molecule has 1 aromatic heterocycles. The number of benzene rings is 1. The summed E-state index contributed by atoms with van der Waals surface area (Å²) in [6.45, 7) is 1.74. The van der Waals surface area contributed by atoms with Gasteiger partial charge in [0.15, 0.2) is 6.19 Å². The number of hydrogen-bond acceptors (Lipinski definition) is 4. The van der Waals surface area contributed by atoms with Gasteiger partial charge in [0.05, 0.1) is 10.4 Å². The Hall–Kier alpha value is -1.60. The van der Waals surface area contributed by atoms with Crippen molar-refractivity contribution < 1.29 is 0 Å². The Morgan fingerprint density at radius 3 is 2.82 bits per heavy atom. The lowest BCUT2D eigenvalue weighted by molar-refractivity contribution is 0.294. The molecule has 0 bridgehead atoms. The van der Waals surface area contributed by atoms with Crippen molar-refractivity contribution in [1.82, 2.24) is 9.27 Å². The minimum Gasteiger partial charge on any atom is -0.311 e. The third kappa shape index (κ3) is 1.87. The first-order chi connectivity index (χ1) is 8.38. The van der Waals surface area contributed by atoms with Crippen LogP contribution in [0.3, 0.4) is 0 Å². The number of nitriles is 1. The highest BCUT2D eigenvalue weighted by atomic mass is 32.1. The van der Waals surface area contributed by atoms with E-state index in [9.17, 15) is 0 Å². The summed E-state index contributed by atoms with van der Waals surface area (Å²) < 4.78 is 5.88. The number of piperidine rings is 1. The van der Waals surface area contributed by atoms with E-state index in [0.29, 0.717) is 5.92 Å². The Morgan fingerprint density at radius 1 is 1.29 bits per heavy atom. The lowest BCUT2D eigenvalue weighted by atomic mass is 9.92. The van der Waals surface area contributed by atoms with E-state index in [0.717, 1.165) is 25.9 Å². The number of aromatic nitrogens is 1. The van der Waals surface area contributed by atoms with E-state index < -0.39 is 0 Å². The molecule has 17 heavy (non-hydrogen) atoms. The van der Waals surface area contributed by atoms with Gasteiger partial charge in [0, 0.05) is 24.4 Å². The zero-order valence-electron chi connectivity index (χ0n) is 9.47. The molecule has 1 aliphatic rings. The van der Waals surface area contributed by atoms with Crippen LogP contribution in [-0.2, 0) is 0 Å². The van der Waals surface area contributed by atoms with Crippen molar-refractivity contribution in [3.05, 3.63) is 30.0 Å². The molecule has 4 heteroatoms. The Morgan fingerprint density at radius 2 is 2.06 bits per heavy atom. The molecule has 0 aliphatic carbocycles. The zero-order chi connectivity index (χ0) is 11.7. The Kier molecular flexibility index (Phi) is 2.69. The van der Waals surface area contributed by atoms with Crippen LogP contribution < -0.4 is 0 Å². The van der Waals surface area contributed by atoms with Gasteiger partial charge in [-0.25, -0.2) is 0 Å². The Bertz CT molecular complexity index is 561. The van der Waals surface area contributed by atoms with E-state index in [-0.39, 0.29) is 0 Å². The fourth-order valence-electron chi connectivity index (χ4n) is 2.45. The highest BCUT2D eigenvalue weighted by molar-refractivity contribution is 7.13. The van der Waals surface area contributed by atoms with Gasteiger partial charge in [0.1, 0.15) is 0 Å². The number of nitrogens with zero attached hydrogens (tertiary/aromatic N) is 3. The van der Waals surface area contributed by atoms with Crippen LogP contribution in [0.4, 0.5) is 0 Å².